The van der Waals surface area contributed by atoms with Gasteiger partial charge in [-0.05, 0) is 18.1 Å². The average Bonchev–Trinajstić information content (AvgIpc) is 2.31. The van der Waals surface area contributed by atoms with E-state index in [1.54, 1.807) is 7.11 Å². The van der Waals surface area contributed by atoms with Crippen LogP contribution in [0.25, 0.3) is 0 Å². The summed E-state index contributed by atoms with van der Waals surface area (Å²) in [6.45, 7) is 2.52. The Kier molecular flexibility index (Phi) is 4.75. The van der Waals surface area contributed by atoms with Gasteiger partial charge in [0.15, 0.2) is 0 Å². The van der Waals surface area contributed by atoms with E-state index in [1.807, 2.05) is 23.6 Å². The molecule has 0 spiro atoms. The average molecular weight is 223 g/mol. The molecule has 0 bridgehead atoms. The third-order valence-electron chi connectivity index (χ3n) is 2.32. The molecule has 0 saturated carbocycles. The van der Waals surface area contributed by atoms with E-state index in [9.17, 15) is 4.79 Å². The highest BCUT2D eigenvalue weighted by Crippen LogP contribution is 2.21. The Bertz CT molecular complexity index is 366. The molecule has 5 nitrogen and oxygen atoms in total. The summed E-state index contributed by atoms with van der Waals surface area (Å²) >= 11 is 0. The molecule has 5 heteroatoms. The van der Waals surface area contributed by atoms with Gasteiger partial charge in [0.05, 0.1) is 6.61 Å². The Hall–Kier alpha value is -1.59. The fourth-order valence-corrected chi connectivity index (χ4v) is 1.56. The molecule has 0 heterocycles. The fourth-order valence-electron chi connectivity index (χ4n) is 1.56. The van der Waals surface area contributed by atoms with Gasteiger partial charge in [-0.1, -0.05) is 19.1 Å². The third-order valence-corrected chi connectivity index (χ3v) is 2.32. The maximum atomic E-state index is 11.1. The molecular weight excluding hydrogens is 206 g/mol. The second kappa shape index (κ2) is 6.09. The van der Waals surface area contributed by atoms with Crippen molar-refractivity contribution in [1.29, 1.82) is 0 Å². The van der Waals surface area contributed by atoms with Crippen molar-refractivity contribution in [2.75, 3.05) is 12.4 Å². The minimum Gasteiger partial charge on any atom is -0.380 e. The topological polar surface area (TPSA) is 76.4 Å². The molecule has 0 unspecified atom stereocenters. The quantitative estimate of drug-likeness (QED) is 0.410. The smallest absolute Gasteiger partial charge is 0.333 e. The molecule has 0 saturated heterocycles. The molecule has 16 heavy (non-hydrogen) atoms. The van der Waals surface area contributed by atoms with Crippen LogP contribution in [-0.2, 0) is 17.8 Å². The van der Waals surface area contributed by atoms with Crippen molar-refractivity contribution in [3.63, 3.8) is 0 Å². The first-order chi connectivity index (χ1) is 7.72. The largest absolute Gasteiger partial charge is 0.380 e. The normalized spacial score (nSPS) is 9.94. The maximum absolute atomic E-state index is 11.1. The van der Waals surface area contributed by atoms with Crippen LogP contribution in [0.4, 0.5) is 10.5 Å². The SMILES string of the molecule is CCc1cccc(NC(=O)NN)c1COC. The standard InChI is InChI=1S/C11H17N3O2/c1-3-8-5-4-6-10(9(8)7-16-2)13-11(15)14-12/h4-6H,3,7,12H2,1-2H3,(H2,13,14,15). The summed E-state index contributed by atoms with van der Waals surface area (Å²) in [7, 11) is 1.62. The summed E-state index contributed by atoms with van der Waals surface area (Å²) in [5, 5.41) is 2.66. The number of anilines is 1. The van der Waals surface area contributed by atoms with Crippen molar-refractivity contribution in [2.45, 2.75) is 20.0 Å². The number of hydrazine groups is 1. The number of nitrogens with one attached hydrogen (secondary N) is 2. The molecule has 4 N–H and O–H groups in total. The molecule has 0 radical (unpaired) electrons. The van der Waals surface area contributed by atoms with E-state index in [-0.39, 0.29) is 0 Å². The summed E-state index contributed by atoms with van der Waals surface area (Å²) in [6, 6.07) is 5.29. The molecule has 2 amide bonds. The third kappa shape index (κ3) is 2.95. The second-order valence-electron chi connectivity index (χ2n) is 3.33. The van der Waals surface area contributed by atoms with Crippen LogP contribution in [-0.4, -0.2) is 13.1 Å². The number of aryl methyl sites for hydroxylation is 1. The predicted molar refractivity (Wildman–Crippen MR) is 62.9 cm³/mol. The van der Waals surface area contributed by atoms with E-state index in [4.69, 9.17) is 10.6 Å². The van der Waals surface area contributed by atoms with E-state index >= 15 is 0 Å². The molecular formula is C11H17N3O2. The number of benzene rings is 1. The molecule has 0 aliphatic carbocycles. The molecule has 0 aromatic heterocycles. The number of ether oxygens (including phenoxy) is 1. The number of carbonyl (C=O) groups excluding carboxylic acids is 1. The Morgan fingerprint density at radius 2 is 2.25 bits per heavy atom. The summed E-state index contributed by atoms with van der Waals surface area (Å²) in [6.07, 6.45) is 0.887. The van der Waals surface area contributed by atoms with E-state index in [0.29, 0.717) is 6.61 Å². The lowest BCUT2D eigenvalue weighted by atomic mass is 10.0. The van der Waals surface area contributed by atoms with Gasteiger partial charge >= 0.3 is 6.03 Å². The van der Waals surface area contributed by atoms with Gasteiger partial charge in [-0.2, -0.15) is 0 Å². The van der Waals surface area contributed by atoms with Crippen molar-refractivity contribution in [1.82, 2.24) is 5.43 Å². The lowest BCUT2D eigenvalue weighted by Gasteiger charge is -2.13. The van der Waals surface area contributed by atoms with Gasteiger partial charge in [0.1, 0.15) is 0 Å². The number of amides is 2. The summed E-state index contributed by atoms with van der Waals surface area (Å²) in [4.78, 5) is 11.1. The molecule has 0 atom stereocenters. The van der Waals surface area contributed by atoms with Crippen LogP contribution in [0.3, 0.4) is 0 Å². The van der Waals surface area contributed by atoms with Crippen LogP contribution in [0.15, 0.2) is 18.2 Å². The van der Waals surface area contributed by atoms with Crippen molar-refractivity contribution in [3.8, 4) is 0 Å². The molecule has 0 aliphatic rings. The number of hydrogen-bond acceptors (Lipinski definition) is 3. The van der Waals surface area contributed by atoms with Crippen molar-refractivity contribution in [2.24, 2.45) is 5.84 Å². The summed E-state index contributed by atoms with van der Waals surface area (Å²) < 4.78 is 5.12. The zero-order chi connectivity index (χ0) is 12.0. The van der Waals surface area contributed by atoms with Crippen molar-refractivity contribution < 1.29 is 9.53 Å². The lowest BCUT2D eigenvalue weighted by molar-refractivity contribution is 0.184. The lowest BCUT2D eigenvalue weighted by Crippen LogP contribution is -2.34. The van der Waals surface area contributed by atoms with E-state index in [0.717, 1.165) is 23.2 Å². The van der Waals surface area contributed by atoms with Gasteiger partial charge in [0.2, 0.25) is 0 Å². The van der Waals surface area contributed by atoms with Gasteiger partial charge in [-0.3, -0.25) is 5.43 Å². The molecule has 1 rings (SSSR count). The van der Waals surface area contributed by atoms with Crippen molar-refractivity contribution >= 4 is 11.7 Å². The Balaban J connectivity index is 3.01. The van der Waals surface area contributed by atoms with Gasteiger partial charge in [-0.15, -0.1) is 0 Å². The Morgan fingerprint density at radius 1 is 1.50 bits per heavy atom. The molecule has 88 valence electrons. The van der Waals surface area contributed by atoms with Gasteiger partial charge < -0.3 is 10.1 Å². The maximum Gasteiger partial charge on any atom is 0.333 e. The number of hydrogen-bond donors (Lipinski definition) is 3. The number of carbonyl (C=O) groups is 1. The fraction of sp³-hybridized carbons (Fsp3) is 0.364. The van der Waals surface area contributed by atoms with Crippen LogP contribution < -0.4 is 16.6 Å². The summed E-state index contributed by atoms with van der Waals surface area (Å²) in [5.74, 6) is 5.02. The van der Waals surface area contributed by atoms with Crippen LogP contribution in [0, 0.1) is 0 Å². The first-order valence-electron chi connectivity index (χ1n) is 5.10. The number of urea groups is 1. The first kappa shape index (κ1) is 12.5. The second-order valence-corrected chi connectivity index (χ2v) is 3.33. The first-order valence-corrected chi connectivity index (χ1v) is 5.10. The highest BCUT2D eigenvalue weighted by molar-refractivity contribution is 5.89. The van der Waals surface area contributed by atoms with E-state index < -0.39 is 6.03 Å². The minimum absolute atomic E-state index is 0.439. The predicted octanol–water partition coefficient (Wildman–Crippen LogP) is 1.39. The van der Waals surface area contributed by atoms with Crippen LogP contribution in [0.1, 0.15) is 18.1 Å². The van der Waals surface area contributed by atoms with E-state index in [2.05, 4.69) is 12.2 Å². The van der Waals surface area contributed by atoms with Crippen LogP contribution in [0.2, 0.25) is 0 Å². The number of methoxy groups -OCH3 is 1. The Labute approximate surface area is 94.9 Å². The zero-order valence-electron chi connectivity index (χ0n) is 9.54. The molecule has 0 aliphatic heterocycles. The number of rotatable bonds is 4. The Morgan fingerprint density at radius 3 is 2.81 bits per heavy atom. The zero-order valence-corrected chi connectivity index (χ0v) is 9.54. The van der Waals surface area contributed by atoms with Gasteiger partial charge in [0.25, 0.3) is 0 Å². The van der Waals surface area contributed by atoms with Crippen molar-refractivity contribution in [3.05, 3.63) is 29.3 Å². The number of nitrogens with two attached hydrogens (primary N) is 1. The van der Waals surface area contributed by atoms with Crippen LogP contribution in [0.5, 0.6) is 0 Å². The van der Waals surface area contributed by atoms with E-state index in [1.165, 1.54) is 0 Å². The minimum atomic E-state index is -0.439. The van der Waals surface area contributed by atoms with Gasteiger partial charge in [-0.25, -0.2) is 10.6 Å². The monoisotopic (exact) mass is 223 g/mol. The molecule has 1 aromatic rings. The highest BCUT2D eigenvalue weighted by atomic mass is 16.5. The van der Waals surface area contributed by atoms with Crippen LogP contribution >= 0.6 is 0 Å². The molecule has 1 aromatic carbocycles. The molecule has 0 fully saturated rings. The van der Waals surface area contributed by atoms with Gasteiger partial charge in [0, 0.05) is 18.4 Å². The summed E-state index contributed by atoms with van der Waals surface area (Å²) in [5.41, 5.74) is 4.89. The highest BCUT2D eigenvalue weighted by Gasteiger charge is 2.08.